The molecule has 2 heterocycles. The molecule has 0 bridgehead atoms. The summed E-state index contributed by atoms with van der Waals surface area (Å²) in [6, 6.07) is 1.56. The molecule has 6 nitrogen and oxygen atoms in total. The first kappa shape index (κ1) is 11.7. The smallest absolute Gasteiger partial charge is 0.272 e. The van der Waals surface area contributed by atoms with Crippen LogP contribution in [-0.4, -0.2) is 46.6 Å². The predicted octanol–water partition coefficient (Wildman–Crippen LogP) is 0.167. The van der Waals surface area contributed by atoms with Gasteiger partial charge in [-0.2, -0.15) is 5.10 Å². The minimum Gasteiger partial charge on any atom is -0.389 e. The molecule has 1 aromatic rings. The van der Waals surface area contributed by atoms with Gasteiger partial charge in [0, 0.05) is 18.2 Å². The molecular weight excluding hydrogens is 234 g/mol. The van der Waals surface area contributed by atoms with Crippen molar-refractivity contribution in [3.8, 4) is 0 Å². The number of aliphatic hydroxyl groups excluding tert-OH is 1. The van der Waals surface area contributed by atoms with E-state index < -0.39 is 6.10 Å². The van der Waals surface area contributed by atoms with Crippen molar-refractivity contribution >= 4 is 5.91 Å². The largest absolute Gasteiger partial charge is 0.389 e. The van der Waals surface area contributed by atoms with Crippen LogP contribution in [0, 0.1) is 0 Å². The molecule has 1 saturated carbocycles. The lowest BCUT2D eigenvalue weighted by Gasteiger charge is -2.28. The van der Waals surface area contributed by atoms with Crippen LogP contribution in [0.3, 0.4) is 0 Å². The summed E-state index contributed by atoms with van der Waals surface area (Å²) in [5.41, 5.74) is 1.43. The van der Waals surface area contributed by atoms with Crippen LogP contribution in [0.15, 0.2) is 6.07 Å². The van der Waals surface area contributed by atoms with Gasteiger partial charge in [0.2, 0.25) is 0 Å². The van der Waals surface area contributed by atoms with Crippen LogP contribution >= 0.6 is 0 Å². The van der Waals surface area contributed by atoms with Gasteiger partial charge in [-0.15, -0.1) is 0 Å². The number of nitrogens with zero attached hydrogens (tertiary/aromatic N) is 1. The number of rotatable bonds is 3. The van der Waals surface area contributed by atoms with Gasteiger partial charge >= 0.3 is 0 Å². The second-order valence-electron chi connectivity index (χ2n) is 4.99. The van der Waals surface area contributed by atoms with Crippen molar-refractivity contribution in [2.24, 2.45) is 0 Å². The predicted molar refractivity (Wildman–Crippen MR) is 63.3 cm³/mol. The minimum atomic E-state index is -0.635. The summed E-state index contributed by atoms with van der Waals surface area (Å²) in [4.78, 5) is 12.0. The highest BCUT2D eigenvalue weighted by Gasteiger charge is 2.28. The van der Waals surface area contributed by atoms with Crippen molar-refractivity contribution in [2.75, 3.05) is 13.2 Å². The van der Waals surface area contributed by atoms with E-state index in [1.807, 2.05) is 0 Å². The highest BCUT2D eigenvalue weighted by atomic mass is 16.5. The quantitative estimate of drug-likeness (QED) is 0.714. The number of ether oxygens (including phenoxy) is 1. The average Bonchev–Trinajstić information content (AvgIpc) is 3.10. The maximum absolute atomic E-state index is 12.0. The lowest BCUT2D eigenvalue weighted by Crippen LogP contribution is -2.48. The van der Waals surface area contributed by atoms with Crippen LogP contribution in [0.1, 0.15) is 41.4 Å². The van der Waals surface area contributed by atoms with E-state index in [1.54, 1.807) is 6.07 Å². The zero-order valence-corrected chi connectivity index (χ0v) is 10.1. The molecule has 1 aromatic heterocycles. The SMILES string of the molecule is O=C(N[C@@H]1CCOC[C@H]1O)c1cc(C2CC2)[nH]n1. The van der Waals surface area contributed by atoms with Gasteiger partial charge in [-0.25, -0.2) is 0 Å². The average molecular weight is 251 g/mol. The number of nitrogens with one attached hydrogen (secondary N) is 2. The van der Waals surface area contributed by atoms with Crippen molar-refractivity contribution in [2.45, 2.75) is 37.3 Å². The van der Waals surface area contributed by atoms with E-state index in [-0.39, 0.29) is 18.6 Å². The first-order chi connectivity index (χ1) is 8.74. The fourth-order valence-corrected chi connectivity index (χ4v) is 2.19. The fourth-order valence-electron chi connectivity index (χ4n) is 2.19. The van der Waals surface area contributed by atoms with Crippen LogP contribution in [0.25, 0.3) is 0 Å². The normalized spacial score (nSPS) is 28.1. The van der Waals surface area contributed by atoms with E-state index >= 15 is 0 Å². The molecule has 6 heteroatoms. The van der Waals surface area contributed by atoms with Crippen LogP contribution in [0.2, 0.25) is 0 Å². The molecule has 1 aliphatic carbocycles. The summed E-state index contributed by atoms with van der Waals surface area (Å²) in [5, 5.41) is 19.4. The Morgan fingerprint density at radius 3 is 3.06 bits per heavy atom. The molecule has 3 rings (SSSR count). The molecule has 98 valence electrons. The van der Waals surface area contributed by atoms with Crippen LogP contribution in [0.5, 0.6) is 0 Å². The van der Waals surface area contributed by atoms with Crippen molar-refractivity contribution in [1.29, 1.82) is 0 Å². The maximum Gasteiger partial charge on any atom is 0.272 e. The van der Waals surface area contributed by atoms with Gasteiger partial charge < -0.3 is 15.2 Å². The molecule has 18 heavy (non-hydrogen) atoms. The second-order valence-corrected chi connectivity index (χ2v) is 4.99. The second kappa shape index (κ2) is 4.70. The Morgan fingerprint density at radius 1 is 1.50 bits per heavy atom. The molecule has 2 aliphatic rings. The third-order valence-corrected chi connectivity index (χ3v) is 3.49. The molecule has 2 fully saturated rings. The lowest BCUT2D eigenvalue weighted by molar-refractivity contribution is -0.0261. The van der Waals surface area contributed by atoms with E-state index in [9.17, 15) is 9.90 Å². The van der Waals surface area contributed by atoms with Crippen LogP contribution < -0.4 is 5.32 Å². The Hall–Kier alpha value is -1.40. The third kappa shape index (κ3) is 2.39. The highest BCUT2D eigenvalue weighted by molar-refractivity contribution is 5.92. The molecule has 0 radical (unpaired) electrons. The summed E-state index contributed by atoms with van der Waals surface area (Å²) in [6.07, 6.45) is 2.33. The molecule has 1 saturated heterocycles. The number of amides is 1. The van der Waals surface area contributed by atoms with Crippen LogP contribution in [-0.2, 0) is 4.74 Å². The van der Waals surface area contributed by atoms with Gasteiger partial charge in [-0.05, 0) is 25.3 Å². The van der Waals surface area contributed by atoms with Crippen molar-refractivity contribution < 1.29 is 14.6 Å². The van der Waals surface area contributed by atoms with E-state index in [0.717, 1.165) is 5.69 Å². The summed E-state index contributed by atoms with van der Waals surface area (Å²) in [5.74, 6) is 0.317. The standard InChI is InChI=1S/C12H17N3O3/c16-11-6-18-4-3-8(11)13-12(17)10-5-9(14-15-10)7-1-2-7/h5,7-8,11,16H,1-4,6H2,(H,13,17)(H,14,15)/t8-,11-/m1/s1. The lowest BCUT2D eigenvalue weighted by atomic mass is 10.1. The first-order valence-electron chi connectivity index (χ1n) is 6.36. The number of aromatic nitrogens is 2. The maximum atomic E-state index is 12.0. The molecule has 0 unspecified atom stereocenters. The summed E-state index contributed by atoms with van der Waals surface area (Å²) in [6.45, 7) is 0.842. The number of carbonyl (C=O) groups is 1. The van der Waals surface area contributed by atoms with Gasteiger partial charge in [0.1, 0.15) is 5.69 Å². The molecule has 0 spiro atoms. The van der Waals surface area contributed by atoms with E-state index in [0.29, 0.717) is 24.6 Å². The molecule has 1 aliphatic heterocycles. The van der Waals surface area contributed by atoms with Crippen molar-refractivity contribution in [3.63, 3.8) is 0 Å². The summed E-state index contributed by atoms with van der Waals surface area (Å²) >= 11 is 0. The van der Waals surface area contributed by atoms with E-state index in [2.05, 4.69) is 15.5 Å². The molecule has 3 N–H and O–H groups in total. The van der Waals surface area contributed by atoms with Gasteiger partial charge in [0.05, 0.1) is 18.8 Å². The van der Waals surface area contributed by atoms with Crippen molar-refractivity contribution in [3.05, 3.63) is 17.5 Å². The summed E-state index contributed by atoms with van der Waals surface area (Å²) < 4.78 is 5.12. The van der Waals surface area contributed by atoms with Crippen molar-refractivity contribution in [1.82, 2.24) is 15.5 Å². The zero-order chi connectivity index (χ0) is 12.5. The van der Waals surface area contributed by atoms with E-state index in [4.69, 9.17) is 4.74 Å². The van der Waals surface area contributed by atoms with Gasteiger partial charge in [0.25, 0.3) is 5.91 Å². The minimum absolute atomic E-state index is 0.232. The Bertz CT molecular complexity index is 442. The van der Waals surface area contributed by atoms with E-state index in [1.165, 1.54) is 12.8 Å². The topological polar surface area (TPSA) is 87.2 Å². The number of H-pyrrole nitrogens is 1. The molecule has 0 aromatic carbocycles. The number of hydrogen-bond acceptors (Lipinski definition) is 4. The first-order valence-corrected chi connectivity index (χ1v) is 6.36. The third-order valence-electron chi connectivity index (χ3n) is 3.49. The van der Waals surface area contributed by atoms with Gasteiger partial charge in [-0.3, -0.25) is 9.89 Å². The Kier molecular flexibility index (Phi) is 3.05. The zero-order valence-electron chi connectivity index (χ0n) is 10.1. The monoisotopic (exact) mass is 251 g/mol. The Morgan fingerprint density at radius 2 is 2.33 bits per heavy atom. The number of carbonyl (C=O) groups excluding carboxylic acids is 1. The number of aliphatic hydroxyl groups is 1. The molecular formula is C12H17N3O3. The Labute approximate surface area is 105 Å². The van der Waals surface area contributed by atoms with Crippen LogP contribution in [0.4, 0.5) is 0 Å². The molecule has 1 amide bonds. The van der Waals surface area contributed by atoms with Gasteiger partial charge in [-0.1, -0.05) is 0 Å². The van der Waals surface area contributed by atoms with Gasteiger partial charge in [0.15, 0.2) is 0 Å². The number of hydrogen-bond donors (Lipinski definition) is 3. The Balaban J connectivity index is 1.62. The number of aromatic amines is 1. The fraction of sp³-hybridized carbons (Fsp3) is 0.667. The summed E-state index contributed by atoms with van der Waals surface area (Å²) in [7, 11) is 0. The molecule has 2 atom stereocenters. The highest BCUT2D eigenvalue weighted by Crippen LogP contribution is 2.38.